The Hall–Kier alpha value is -2.82. The van der Waals surface area contributed by atoms with Gasteiger partial charge in [0.1, 0.15) is 24.7 Å². The average Bonchev–Trinajstić information content (AvgIpc) is 2.60. The monoisotopic (exact) mass is 341 g/mol. The van der Waals surface area contributed by atoms with Gasteiger partial charge < -0.3 is 14.9 Å². The highest BCUT2D eigenvalue weighted by Crippen LogP contribution is 2.30. The number of carbonyl (C=O) groups excluding carboxylic acids is 1. The van der Waals surface area contributed by atoms with Crippen molar-refractivity contribution >= 4 is 11.7 Å². The SMILES string of the molecule is CCC(=NCC(=O)OCc1cccc(C)c1)c1ccc(O)c(C)c1O. The molecule has 0 aliphatic heterocycles. The second kappa shape index (κ2) is 8.33. The molecule has 0 fully saturated rings. The van der Waals surface area contributed by atoms with Crippen LogP contribution in [0.5, 0.6) is 11.5 Å². The number of aryl methyl sites for hydroxylation is 1. The van der Waals surface area contributed by atoms with Crippen molar-refractivity contribution in [2.45, 2.75) is 33.8 Å². The first kappa shape index (κ1) is 18.5. The Morgan fingerprint density at radius 1 is 1.16 bits per heavy atom. The topological polar surface area (TPSA) is 79.1 Å². The van der Waals surface area contributed by atoms with Crippen LogP contribution in [-0.2, 0) is 16.1 Å². The van der Waals surface area contributed by atoms with Crippen molar-refractivity contribution in [3.63, 3.8) is 0 Å². The highest BCUT2D eigenvalue weighted by Gasteiger charge is 2.13. The van der Waals surface area contributed by atoms with Crippen LogP contribution in [0.3, 0.4) is 0 Å². The van der Waals surface area contributed by atoms with Gasteiger partial charge in [-0.3, -0.25) is 9.79 Å². The van der Waals surface area contributed by atoms with Crippen LogP contribution in [0.15, 0.2) is 41.4 Å². The van der Waals surface area contributed by atoms with Gasteiger partial charge in [0, 0.05) is 16.8 Å². The summed E-state index contributed by atoms with van der Waals surface area (Å²) in [5, 5.41) is 19.8. The minimum absolute atomic E-state index is 0.0197. The van der Waals surface area contributed by atoms with Crippen LogP contribution >= 0.6 is 0 Å². The Morgan fingerprint density at radius 3 is 2.60 bits per heavy atom. The average molecular weight is 341 g/mol. The molecule has 0 atom stereocenters. The molecule has 0 unspecified atom stereocenters. The zero-order valence-corrected chi connectivity index (χ0v) is 14.7. The molecule has 0 heterocycles. The van der Waals surface area contributed by atoms with E-state index in [0.29, 0.717) is 23.3 Å². The Morgan fingerprint density at radius 2 is 1.92 bits per heavy atom. The molecule has 0 bridgehead atoms. The molecule has 2 N–H and O–H groups in total. The largest absolute Gasteiger partial charge is 0.508 e. The lowest BCUT2D eigenvalue weighted by Gasteiger charge is -2.10. The normalized spacial score (nSPS) is 11.4. The van der Waals surface area contributed by atoms with Gasteiger partial charge in [-0.15, -0.1) is 0 Å². The predicted molar refractivity (Wildman–Crippen MR) is 97.2 cm³/mol. The number of aromatic hydroxyl groups is 2. The summed E-state index contributed by atoms with van der Waals surface area (Å²) in [5.41, 5.74) is 3.54. The number of carbonyl (C=O) groups is 1. The molecule has 25 heavy (non-hydrogen) atoms. The first-order chi connectivity index (χ1) is 11.9. The van der Waals surface area contributed by atoms with Crippen molar-refractivity contribution < 1.29 is 19.7 Å². The molecule has 0 saturated carbocycles. The Balaban J connectivity index is 2.03. The molecule has 132 valence electrons. The number of phenolic OH excluding ortho intramolecular Hbond substituents is 2. The highest BCUT2D eigenvalue weighted by molar-refractivity contribution is 6.03. The molecule has 0 radical (unpaired) electrons. The summed E-state index contributed by atoms with van der Waals surface area (Å²) in [4.78, 5) is 16.2. The fraction of sp³-hybridized carbons (Fsp3) is 0.300. The molecule has 5 heteroatoms. The number of ether oxygens (including phenoxy) is 1. The lowest BCUT2D eigenvalue weighted by atomic mass is 10.0. The summed E-state index contributed by atoms with van der Waals surface area (Å²) >= 11 is 0. The summed E-state index contributed by atoms with van der Waals surface area (Å²) in [6.45, 7) is 5.58. The molecular formula is C20H23NO4. The molecule has 0 aliphatic carbocycles. The number of hydrogen-bond acceptors (Lipinski definition) is 5. The van der Waals surface area contributed by atoms with E-state index in [1.165, 1.54) is 6.07 Å². The van der Waals surface area contributed by atoms with E-state index in [4.69, 9.17) is 4.74 Å². The minimum atomic E-state index is -0.428. The second-order valence-electron chi connectivity index (χ2n) is 5.87. The number of rotatable bonds is 6. The van der Waals surface area contributed by atoms with Crippen LogP contribution in [0.4, 0.5) is 0 Å². The van der Waals surface area contributed by atoms with E-state index < -0.39 is 5.97 Å². The first-order valence-corrected chi connectivity index (χ1v) is 8.18. The molecule has 2 aromatic carbocycles. The van der Waals surface area contributed by atoms with Gasteiger partial charge in [-0.2, -0.15) is 0 Å². The zero-order valence-electron chi connectivity index (χ0n) is 14.7. The van der Waals surface area contributed by atoms with Gasteiger partial charge in [0.15, 0.2) is 0 Å². The van der Waals surface area contributed by atoms with E-state index in [9.17, 15) is 15.0 Å². The number of nitrogens with zero attached hydrogens (tertiary/aromatic N) is 1. The molecule has 0 aromatic heterocycles. The predicted octanol–water partition coefficient (Wildman–Crippen LogP) is 3.66. The van der Waals surface area contributed by atoms with Crippen molar-refractivity contribution in [3.8, 4) is 11.5 Å². The van der Waals surface area contributed by atoms with E-state index in [-0.39, 0.29) is 24.7 Å². The number of hydrogen-bond donors (Lipinski definition) is 2. The van der Waals surface area contributed by atoms with Gasteiger partial charge in [-0.25, -0.2) is 0 Å². The van der Waals surface area contributed by atoms with Crippen molar-refractivity contribution in [3.05, 3.63) is 58.7 Å². The van der Waals surface area contributed by atoms with Gasteiger partial charge in [-0.1, -0.05) is 36.8 Å². The summed E-state index contributed by atoms with van der Waals surface area (Å²) in [7, 11) is 0. The van der Waals surface area contributed by atoms with Crippen molar-refractivity contribution in [1.82, 2.24) is 0 Å². The minimum Gasteiger partial charge on any atom is -0.508 e. The molecular weight excluding hydrogens is 318 g/mol. The maximum Gasteiger partial charge on any atom is 0.328 e. The molecule has 0 amide bonds. The lowest BCUT2D eigenvalue weighted by molar-refractivity contribution is -0.143. The number of esters is 1. The summed E-state index contributed by atoms with van der Waals surface area (Å²) in [5.74, 6) is -0.426. The second-order valence-corrected chi connectivity index (χ2v) is 5.87. The maximum atomic E-state index is 11.9. The fourth-order valence-corrected chi connectivity index (χ4v) is 2.48. The van der Waals surface area contributed by atoms with Crippen LogP contribution < -0.4 is 0 Å². The number of phenols is 2. The third-order valence-electron chi connectivity index (χ3n) is 3.93. The maximum absolute atomic E-state index is 11.9. The third-order valence-corrected chi connectivity index (χ3v) is 3.93. The zero-order chi connectivity index (χ0) is 18.4. The molecule has 0 aliphatic rings. The lowest BCUT2D eigenvalue weighted by Crippen LogP contribution is -2.11. The van der Waals surface area contributed by atoms with E-state index in [1.54, 1.807) is 13.0 Å². The fourth-order valence-electron chi connectivity index (χ4n) is 2.48. The van der Waals surface area contributed by atoms with E-state index in [1.807, 2.05) is 38.1 Å². The number of aliphatic imine (C=N–C) groups is 1. The van der Waals surface area contributed by atoms with Crippen molar-refractivity contribution in [2.24, 2.45) is 4.99 Å². The van der Waals surface area contributed by atoms with Crippen molar-refractivity contribution in [1.29, 1.82) is 0 Å². The Labute approximate surface area is 147 Å². The van der Waals surface area contributed by atoms with Crippen LogP contribution in [-0.4, -0.2) is 28.4 Å². The molecule has 2 rings (SSSR count). The molecule has 0 spiro atoms. The third kappa shape index (κ3) is 4.83. The van der Waals surface area contributed by atoms with Crippen LogP contribution in [0, 0.1) is 13.8 Å². The van der Waals surface area contributed by atoms with Crippen LogP contribution in [0.25, 0.3) is 0 Å². The summed E-state index contributed by atoms with van der Waals surface area (Å²) < 4.78 is 5.24. The molecule has 2 aromatic rings. The molecule has 5 nitrogen and oxygen atoms in total. The standard InChI is InChI=1S/C20H23NO4/c1-4-17(16-8-9-18(22)14(3)20(16)24)21-11-19(23)25-12-15-7-5-6-13(2)10-15/h5-10,22,24H,4,11-12H2,1-3H3. The molecule has 0 saturated heterocycles. The van der Waals surface area contributed by atoms with Gasteiger partial charge in [0.05, 0.1) is 0 Å². The van der Waals surface area contributed by atoms with Crippen LogP contribution in [0.2, 0.25) is 0 Å². The summed E-state index contributed by atoms with van der Waals surface area (Å²) in [6, 6.07) is 10.9. The smallest absolute Gasteiger partial charge is 0.328 e. The number of benzene rings is 2. The van der Waals surface area contributed by atoms with Crippen LogP contribution in [0.1, 0.15) is 35.6 Å². The van der Waals surface area contributed by atoms with E-state index in [0.717, 1.165) is 11.1 Å². The highest BCUT2D eigenvalue weighted by atomic mass is 16.5. The van der Waals surface area contributed by atoms with Gasteiger partial charge in [-0.05, 0) is 38.0 Å². The first-order valence-electron chi connectivity index (χ1n) is 8.18. The van der Waals surface area contributed by atoms with Gasteiger partial charge in [0.25, 0.3) is 0 Å². The Bertz CT molecular complexity index is 796. The summed E-state index contributed by atoms with van der Waals surface area (Å²) in [6.07, 6.45) is 0.545. The van der Waals surface area contributed by atoms with E-state index in [2.05, 4.69) is 4.99 Å². The van der Waals surface area contributed by atoms with Crippen molar-refractivity contribution in [2.75, 3.05) is 6.54 Å². The van der Waals surface area contributed by atoms with E-state index >= 15 is 0 Å². The quantitative estimate of drug-likeness (QED) is 0.621. The van der Waals surface area contributed by atoms with Gasteiger partial charge in [0.2, 0.25) is 0 Å². The Kier molecular flexibility index (Phi) is 6.17. The van der Waals surface area contributed by atoms with Gasteiger partial charge >= 0.3 is 5.97 Å².